The van der Waals surface area contributed by atoms with Crippen molar-refractivity contribution in [3.05, 3.63) is 0 Å². The van der Waals surface area contributed by atoms with Crippen molar-refractivity contribution in [1.29, 1.82) is 0 Å². The lowest BCUT2D eigenvalue weighted by Gasteiger charge is -2.34. The third-order valence-corrected chi connectivity index (χ3v) is 4.58. The van der Waals surface area contributed by atoms with Gasteiger partial charge in [-0.2, -0.15) is 0 Å². The van der Waals surface area contributed by atoms with Crippen LogP contribution in [0.1, 0.15) is 39.5 Å². The van der Waals surface area contributed by atoms with Crippen LogP contribution in [0.15, 0.2) is 4.99 Å². The van der Waals surface area contributed by atoms with Gasteiger partial charge in [-0.3, -0.25) is 9.79 Å². The summed E-state index contributed by atoms with van der Waals surface area (Å²) in [7, 11) is 3.56. The van der Waals surface area contributed by atoms with Gasteiger partial charge in [0.05, 0.1) is 0 Å². The second-order valence-corrected chi connectivity index (χ2v) is 6.22. The maximum absolute atomic E-state index is 11.5. The molecule has 0 bridgehead atoms. The first-order valence-corrected chi connectivity index (χ1v) is 9.03. The van der Waals surface area contributed by atoms with Crippen molar-refractivity contribution in [2.75, 3.05) is 53.4 Å². The number of likely N-dealkylation sites (tertiary alicyclic amines) is 1. The second kappa shape index (κ2) is 11.3. The van der Waals surface area contributed by atoms with Crippen molar-refractivity contribution in [3.8, 4) is 0 Å². The van der Waals surface area contributed by atoms with Crippen molar-refractivity contribution < 1.29 is 4.79 Å². The fourth-order valence-electron chi connectivity index (χ4n) is 3.12. The lowest BCUT2D eigenvalue weighted by molar-refractivity contribution is -0.121. The topological polar surface area (TPSA) is 60.0 Å². The average molecular weight is 326 g/mol. The predicted octanol–water partition coefficient (Wildman–Crippen LogP) is 1.14. The number of rotatable bonds is 8. The minimum Gasteiger partial charge on any atom is -0.359 e. The summed E-state index contributed by atoms with van der Waals surface area (Å²) in [5, 5.41) is 6.20. The van der Waals surface area contributed by atoms with Crippen LogP contribution in [-0.2, 0) is 4.79 Å². The maximum atomic E-state index is 11.5. The number of likely N-dealkylation sites (N-methyl/N-ethyl adjacent to an activating group) is 1. The standard InChI is InChI=1S/C17H35N5O/c1-5-10-21(6-2)13-9-20-17(19-4)22-11-7-15(8-12-22)14-16(23)18-3/h15H,5-14H2,1-4H3,(H,18,23)(H,19,20). The summed E-state index contributed by atoms with van der Waals surface area (Å²) in [6.45, 7) is 10.6. The van der Waals surface area contributed by atoms with E-state index in [4.69, 9.17) is 0 Å². The molecule has 1 rings (SSSR count). The van der Waals surface area contributed by atoms with Gasteiger partial charge in [0.2, 0.25) is 5.91 Å². The largest absolute Gasteiger partial charge is 0.359 e. The molecule has 2 N–H and O–H groups in total. The van der Waals surface area contributed by atoms with Gasteiger partial charge in [-0.15, -0.1) is 0 Å². The zero-order valence-corrected chi connectivity index (χ0v) is 15.4. The van der Waals surface area contributed by atoms with Crippen molar-refractivity contribution in [1.82, 2.24) is 20.4 Å². The number of nitrogens with zero attached hydrogens (tertiary/aromatic N) is 3. The fourth-order valence-corrected chi connectivity index (χ4v) is 3.12. The Balaban J connectivity index is 2.32. The van der Waals surface area contributed by atoms with Crippen molar-refractivity contribution >= 4 is 11.9 Å². The molecule has 0 spiro atoms. The van der Waals surface area contributed by atoms with Gasteiger partial charge in [0.25, 0.3) is 0 Å². The van der Waals surface area contributed by atoms with E-state index in [0.717, 1.165) is 58.1 Å². The van der Waals surface area contributed by atoms with Crippen LogP contribution >= 0.6 is 0 Å². The van der Waals surface area contributed by atoms with E-state index in [9.17, 15) is 4.79 Å². The molecule has 0 aromatic rings. The Bertz CT molecular complexity index is 364. The van der Waals surface area contributed by atoms with Gasteiger partial charge >= 0.3 is 0 Å². The van der Waals surface area contributed by atoms with Crippen LogP contribution in [0.4, 0.5) is 0 Å². The molecule has 0 atom stereocenters. The lowest BCUT2D eigenvalue weighted by atomic mass is 9.93. The van der Waals surface area contributed by atoms with E-state index in [-0.39, 0.29) is 5.91 Å². The molecule has 0 aliphatic carbocycles. The highest BCUT2D eigenvalue weighted by Crippen LogP contribution is 2.20. The first-order chi connectivity index (χ1) is 11.1. The lowest BCUT2D eigenvalue weighted by Crippen LogP contribution is -2.47. The molecular formula is C17H35N5O. The number of carbonyl (C=O) groups excluding carboxylic acids is 1. The summed E-state index contributed by atoms with van der Waals surface area (Å²) < 4.78 is 0. The average Bonchev–Trinajstić information content (AvgIpc) is 2.58. The number of carbonyl (C=O) groups is 1. The molecule has 6 heteroatoms. The SMILES string of the molecule is CCCN(CC)CCNC(=NC)N1CCC(CC(=O)NC)CC1. The molecule has 1 aliphatic rings. The highest BCUT2D eigenvalue weighted by Gasteiger charge is 2.22. The molecule has 1 fully saturated rings. The molecule has 23 heavy (non-hydrogen) atoms. The van der Waals surface area contributed by atoms with Gasteiger partial charge in [0.15, 0.2) is 5.96 Å². The molecular weight excluding hydrogens is 290 g/mol. The van der Waals surface area contributed by atoms with Crippen molar-refractivity contribution in [3.63, 3.8) is 0 Å². The number of hydrogen-bond donors (Lipinski definition) is 2. The van der Waals surface area contributed by atoms with Gasteiger partial charge < -0.3 is 20.4 Å². The summed E-state index contributed by atoms with van der Waals surface area (Å²) in [6, 6.07) is 0. The van der Waals surface area contributed by atoms with E-state index in [1.807, 2.05) is 7.05 Å². The van der Waals surface area contributed by atoms with E-state index in [0.29, 0.717) is 12.3 Å². The quantitative estimate of drug-likeness (QED) is 0.519. The van der Waals surface area contributed by atoms with Gasteiger partial charge in [0, 0.05) is 46.7 Å². The van der Waals surface area contributed by atoms with Crippen LogP contribution in [0.3, 0.4) is 0 Å². The van der Waals surface area contributed by atoms with Crippen molar-refractivity contribution in [2.45, 2.75) is 39.5 Å². The van der Waals surface area contributed by atoms with E-state index >= 15 is 0 Å². The number of nitrogens with one attached hydrogen (secondary N) is 2. The predicted molar refractivity (Wildman–Crippen MR) is 96.7 cm³/mol. The molecule has 134 valence electrons. The number of hydrogen-bond acceptors (Lipinski definition) is 3. The zero-order chi connectivity index (χ0) is 17.1. The summed E-state index contributed by atoms with van der Waals surface area (Å²) >= 11 is 0. The van der Waals surface area contributed by atoms with Crippen LogP contribution in [0.25, 0.3) is 0 Å². The Morgan fingerprint density at radius 1 is 1.26 bits per heavy atom. The molecule has 0 radical (unpaired) electrons. The molecule has 1 aliphatic heterocycles. The molecule has 1 amide bonds. The summed E-state index contributed by atoms with van der Waals surface area (Å²) in [5.74, 6) is 1.65. The van der Waals surface area contributed by atoms with Crippen LogP contribution in [0.5, 0.6) is 0 Å². The molecule has 0 saturated carbocycles. The van der Waals surface area contributed by atoms with E-state index < -0.39 is 0 Å². The third kappa shape index (κ3) is 7.20. The van der Waals surface area contributed by atoms with Crippen molar-refractivity contribution in [2.24, 2.45) is 10.9 Å². The highest BCUT2D eigenvalue weighted by atomic mass is 16.1. The normalized spacial score (nSPS) is 16.7. The molecule has 1 heterocycles. The summed E-state index contributed by atoms with van der Waals surface area (Å²) in [4.78, 5) is 20.7. The number of amides is 1. The minimum absolute atomic E-state index is 0.154. The monoisotopic (exact) mass is 325 g/mol. The number of piperidine rings is 1. The summed E-state index contributed by atoms with van der Waals surface area (Å²) in [6.07, 6.45) is 3.97. The van der Waals surface area contributed by atoms with Gasteiger partial charge in [-0.25, -0.2) is 0 Å². The van der Waals surface area contributed by atoms with Gasteiger partial charge in [0.1, 0.15) is 0 Å². The first kappa shape index (κ1) is 19.7. The van der Waals surface area contributed by atoms with Crippen LogP contribution < -0.4 is 10.6 Å². The van der Waals surface area contributed by atoms with E-state index in [1.54, 1.807) is 7.05 Å². The van der Waals surface area contributed by atoms with E-state index in [2.05, 4.69) is 39.3 Å². The Morgan fingerprint density at radius 3 is 2.48 bits per heavy atom. The molecule has 0 aromatic heterocycles. The van der Waals surface area contributed by atoms with Crippen LogP contribution in [-0.4, -0.2) is 75.0 Å². The first-order valence-electron chi connectivity index (χ1n) is 9.03. The third-order valence-electron chi connectivity index (χ3n) is 4.58. The Labute approximate surface area is 141 Å². The smallest absolute Gasteiger partial charge is 0.220 e. The van der Waals surface area contributed by atoms with Gasteiger partial charge in [-0.1, -0.05) is 13.8 Å². The fraction of sp³-hybridized carbons (Fsp3) is 0.882. The Kier molecular flexibility index (Phi) is 9.67. The zero-order valence-electron chi connectivity index (χ0n) is 15.4. The molecule has 0 unspecified atom stereocenters. The van der Waals surface area contributed by atoms with Crippen LogP contribution in [0, 0.1) is 5.92 Å². The molecule has 1 saturated heterocycles. The highest BCUT2D eigenvalue weighted by molar-refractivity contribution is 5.80. The van der Waals surface area contributed by atoms with Crippen LogP contribution in [0.2, 0.25) is 0 Å². The Morgan fingerprint density at radius 2 is 1.96 bits per heavy atom. The maximum Gasteiger partial charge on any atom is 0.220 e. The molecule has 6 nitrogen and oxygen atoms in total. The number of aliphatic imine (C=N–C) groups is 1. The second-order valence-electron chi connectivity index (χ2n) is 6.22. The summed E-state index contributed by atoms with van der Waals surface area (Å²) in [5.41, 5.74) is 0. The minimum atomic E-state index is 0.154. The van der Waals surface area contributed by atoms with Gasteiger partial charge in [-0.05, 0) is 38.3 Å². The molecule has 0 aromatic carbocycles. The number of guanidine groups is 1. The Hall–Kier alpha value is -1.30. The van der Waals surface area contributed by atoms with E-state index in [1.165, 1.54) is 6.42 Å².